The molecule has 20 heavy (non-hydrogen) atoms. The number of nitrogen functional groups attached to an aromatic ring is 1. The van der Waals surface area contributed by atoms with Crippen molar-refractivity contribution in [2.24, 2.45) is 12.5 Å². The molecule has 0 amide bonds. The van der Waals surface area contributed by atoms with E-state index in [4.69, 9.17) is 10.8 Å². The Kier molecular flexibility index (Phi) is 3.47. The standard InChI is InChI=1S/C12H18N6O2/c1-12(2,10(19)20)4-5-14-11-16-8(13)7-6-15-18(3)9(7)17-11/h6H,4-5H2,1-3H3,(H,19,20)(H3,13,14,16,17). The minimum Gasteiger partial charge on any atom is -0.481 e. The van der Waals surface area contributed by atoms with Gasteiger partial charge in [0.2, 0.25) is 5.95 Å². The van der Waals surface area contributed by atoms with Crippen LogP contribution < -0.4 is 11.1 Å². The smallest absolute Gasteiger partial charge is 0.309 e. The van der Waals surface area contributed by atoms with Gasteiger partial charge in [-0.25, -0.2) is 0 Å². The van der Waals surface area contributed by atoms with Crippen LogP contribution in [-0.4, -0.2) is 37.4 Å². The van der Waals surface area contributed by atoms with Crippen molar-refractivity contribution in [1.82, 2.24) is 19.7 Å². The highest BCUT2D eigenvalue weighted by atomic mass is 16.4. The van der Waals surface area contributed by atoms with Crippen LogP contribution in [0.15, 0.2) is 6.20 Å². The number of aryl methyl sites for hydroxylation is 1. The van der Waals surface area contributed by atoms with Gasteiger partial charge in [-0.2, -0.15) is 15.1 Å². The highest BCUT2D eigenvalue weighted by molar-refractivity contribution is 5.86. The molecule has 0 saturated carbocycles. The molecule has 0 aromatic carbocycles. The van der Waals surface area contributed by atoms with Gasteiger partial charge in [0.1, 0.15) is 5.82 Å². The van der Waals surface area contributed by atoms with E-state index in [0.717, 1.165) is 0 Å². The molecule has 0 aliphatic heterocycles. The predicted octanol–water partition coefficient (Wildman–Crippen LogP) is 0.858. The van der Waals surface area contributed by atoms with Crippen molar-refractivity contribution in [1.29, 1.82) is 0 Å². The van der Waals surface area contributed by atoms with Crippen LogP contribution in [0.5, 0.6) is 0 Å². The lowest BCUT2D eigenvalue weighted by atomic mass is 9.90. The number of hydrogen-bond donors (Lipinski definition) is 3. The van der Waals surface area contributed by atoms with Crippen molar-refractivity contribution < 1.29 is 9.90 Å². The first-order chi connectivity index (χ1) is 9.31. The van der Waals surface area contributed by atoms with E-state index in [-0.39, 0.29) is 0 Å². The zero-order valence-electron chi connectivity index (χ0n) is 11.7. The molecular weight excluding hydrogens is 260 g/mol. The van der Waals surface area contributed by atoms with Gasteiger partial charge in [0.05, 0.1) is 17.0 Å². The van der Waals surface area contributed by atoms with Gasteiger partial charge in [-0.05, 0) is 20.3 Å². The molecule has 2 aromatic rings. The molecule has 2 rings (SSSR count). The fourth-order valence-corrected chi connectivity index (χ4v) is 1.72. The highest BCUT2D eigenvalue weighted by Gasteiger charge is 2.26. The Morgan fingerprint density at radius 1 is 1.50 bits per heavy atom. The average molecular weight is 278 g/mol. The number of carbonyl (C=O) groups is 1. The quantitative estimate of drug-likeness (QED) is 0.742. The third-order valence-electron chi connectivity index (χ3n) is 3.23. The third-order valence-corrected chi connectivity index (χ3v) is 3.23. The van der Waals surface area contributed by atoms with Crippen LogP contribution in [0.2, 0.25) is 0 Å². The Morgan fingerprint density at radius 2 is 2.20 bits per heavy atom. The van der Waals surface area contributed by atoms with Crippen molar-refractivity contribution in [3.63, 3.8) is 0 Å². The van der Waals surface area contributed by atoms with E-state index in [1.807, 2.05) is 0 Å². The largest absolute Gasteiger partial charge is 0.481 e. The fourth-order valence-electron chi connectivity index (χ4n) is 1.72. The number of aromatic nitrogens is 4. The summed E-state index contributed by atoms with van der Waals surface area (Å²) in [6, 6.07) is 0. The van der Waals surface area contributed by atoms with Gasteiger partial charge in [-0.1, -0.05) is 0 Å². The van der Waals surface area contributed by atoms with Gasteiger partial charge >= 0.3 is 5.97 Å². The van der Waals surface area contributed by atoms with Gasteiger partial charge < -0.3 is 16.2 Å². The number of hydrogen-bond acceptors (Lipinski definition) is 6. The number of rotatable bonds is 5. The summed E-state index contributed by atoms with van der Waals surface area (Å²) in [6.45, 7) is 3.80. The van der Waals surface area contributed by atoms with Crippen molar-refractivity contribution in [3.8, 4) is 0 Å². The van der Waals surface area contributed by atoms with E-state index in [2.05, 4.69) is 20.4 Å². The normalized spacial score (nSPS) is 11.8. The van der Waals surface area contributed by atoms with Gasteiger partial charge in [0.15, 0.2) is 5.65 Å². The molecule has 0 atom stereocenters. The number of carboxylic acids is 1. The van der Waals surface area contributed by atoms with Crippen LogP contribution in [-0.2, 0) is 11.8 Å². The van der Waals surface area contributed by atoms with Crippen LogP contribution >= 0.6 is 0 Å². The number of fused-ring (bicyclic) bond motifs is 1. The van der Waals surface area contributed by atoms with Crippen LogP contribution in [0.25, 0.3) is 11.0 Å². The maximum atomic E-state index is 11.0. The summed E-state index contributed by atoms with van der Waals surface area (Å²) < 4.78 is 1.61. The van der Waals surface area contributed by atoms with Gasteiger partial charge in [0.25, 0.3) is 0 Å². The van der Waals surface area contributed by atoms with Crippen molar-refractivity contribution in [3.05, 3.63) is 6.20 Å². The third kappa shape index (κ3) is 2.63. The lowest BCUT2D eigenvalue weighted by Gasteiger charge is -2.18. The molecule has 0 bridgehead atoms. The molecule has 8 heteroatoms. The molecule has 0 saturated heterocycles. The maximum Gasteiger partial charge on any atom is 0.309 e. The Morgan fingerprint density at radius 3 is 2.85 bits per heavy atom. The summed E-state index contributed by atoms with van der Waals surface area (Å²) >= 11 is 0. The molecule has 0 unspecified atom stereocenters. The van der Waals surface area contributed by atoms with Gasteiger partial charge in [0, 0.05) is 13.6 Å². The van der Waals surface area contributed by atoms with E-state index < -0.39 is 11.4 Å². The number of nitrogens with one attached hydrogen (secondary N) is 1. The Balaban J connectivity index is 2.11. The lowest BCUT2D eigenvalue weighted by molar-refractivity contribution is -0.147. The van der Waals surface area contributed by atoms with E-state index in [1.54, 1.807) is 31.8 Å². The fraction of sp³-hybridized carbons (Fsp3) is 0.500. The molecule has 108 valence electrons. The number of nitrogens with zero attached hydrogens (tertiary/aromatic N) is 4. The summed E-state index contributed by atoms with van der Waals surface area (Å²) in [5.41, 5.74) is 5.68. The molecule has 0 aliphatic rings. The van der Waals surface area contributed by atoms with Crippen molar-refractivity contribution in [2.45, 2.75) is 20.3 Å². The Bertz CT molecular complexity index is 649. The second-order valence-corrected chi connectivity index (χ2v) is 5.30. The minimum atomic E-state index is -0.832. The van der Waals surface area contributed by atoms with Crippen LogP contribution in [0.3, 0.4) is 0 Å². The van der Waals surface area contributed by atoms with Gasteiger partial charge in [-0.3, -0.25) is 9.48 Å². The summed E-state index contributed by atoms with van der Waals surface area (Å²) in [6.07, 6.45) is 2.07. The summed E-state index contributed by atoms with van der Waals surface area (Å²) in [5, 5.41) is 16.8. The lowest BCUT2D eigenvalue weighted by Crippen LogP contribution is -2.26. The molecule has 4 N–H and O–H groups in total. The number of anilines is 2. The molecule has 0 radical (unpaired) electrons. The number of carboxylic acid groups (broad SMARTS) is 1. The summed E-state index contributed by atoms with van der Waals surface area (Å²) in [4.78, 5) is 19.5. The number of nitrogens with two attached hydrogens (primary N) is 1. The maximum absolute atomic E-state index is 11.0. The van der Waals surface area contributed by atoms with Crippen molar-refractivity contribution >= 4 is 28.8 Å². The summed E-state index contributed by atoms with van der Waals surface area (Å²) in [5.74, 6) is -0.107. The second-order valence-electron chi connectivity index (χ2n) is 5.30. The molecule has 2 aromatic heterocycles. The SMILES string of the molecule is Cn1ncc2c(N)nc(NCCC(C)(C)C(=O)O)nc21. The average Bonchev–Trinajstić information content (AvgIpc) is 2.71. The van der Waals surface area contributed by atoms with Gasteiger partial charge in [-0.15, -0.1) is 0 Å². The van der Waals surface area contributed by atoms with E-state index in [0.29, 0.717) is 35.8 Å². The molecule has 0 fully saturated rings. The first kappa shape index (κ1) is 14.0. The highest BCUT2D eigenvalue weighted by Crippen LogP contribution is 2.21. The minimum absolute atomic E-state index is 0.350. The van der Waals surface area contributed by atoms with Crippen LogP contribution in [0.1, 0.15) is 20.3 Å². The molecule has 0 spiro atoms. The van der Waals surface area contributed by atoms with E-state index >= 15 is 0 Å². The number of aliphatic carboxylic acids is 1. The predicted molar refractivity (Wildman–Crippen MR) is 75.2 cm³/mol. The second kappa shape index (κ2) is 4.95. The van der Waals surface area contributed by atoms with E-state index in [9.17, 15) is 4.79 Å². The van der Waals surface area contributed by atoms with Crippen LogP contribution in [0.4, 0.5) is 11.8 Å². The molecule has 8 nitrogen and oxygen atoms in total. The van der Waals surface area contributed by atoms with Crippen molar-refractivity contribution in [2.75, 3.05) is 17.6 Å². The summed E-state index contributed by atoms with van der Waals surface area (Å²) in [7, 11) is 1.77. The first-order valence-electron chi connectivity index (χ1n) is 6.24. The van der Waals surface area contributed by atoms with E-state index in [1.165, 1.54) is 0 Å². The monoisotopic (exact) mass is 278 g/mol. The zero-order valence-corrected chi connectivity index (χ0v) is 11.7. The molecular formula is C12H18N6O2. The topological polar surface area (TPSA) is 119 Å². The zero-order chi connectivity index (χ0) is 14.9. The Hall–Kier alpha value is -2.38. The first-order valence-corrected chi connectivity index (χ1v) is 6.24. The molecule has 0 aliphatic carbocycles. The molecule has 2 heterocycles. The Labute approximate surface area is 116 Å². The van der Waals surface area contributed by atoms with Crippen LogP contribution in [0, 0.1) is 5.41 Å².